The van der Waals surface area contributed by atoms with Crippen molar-refractivity contribution in [2.75, 3.05) is 33.3 Å². The Morgan fingerprint density at radius 1 is 1.36 bits per heavy atom. The highest BCUT2D eigenvalue weighted by molar-refractivity contribution is 5.92. The SMILES string of the molecule is Cc1ccc(C(=O)N2CC[C@@H]3OCC(=O)N(C)C[C@H]3C2)nc1. The summed E-state index contributed by atoms with van der Waals surface area (Å²) in [6.07, 6.45) is 2.54. The molecule has 2 amide bonds. The Morgan fingerprint density at radius 3 is 2.91 bits per heavy atom. The van der Waals surface area contributed by atoms with E-state index < -0.39 is 0 Å². The number of fused-ring (bicyclic) bond motifs is 1. The molecule has 1 aromatic heterocycles. The van der Waals surface area contributed by atoms with Crippen molar-refractivity contribution in [2.24, 2.45) is 5.92 Å². The molecule has 0 N–H and O–H groups in total. The first-order chi connectivity index (χ1) is 10.5. The van der Waals surface area contributed by atoms with Crippen molar-refractivity contribution in [1.82, 2.24) is 14.8 Å². The molecule has 2 saturated heterocycles. The lowest BCUT2D eigenvalue weighted by Crippen LogP contribution is -2.49. The number of aryl methyl sites for hydroxylation is 1. The van der Waals surface area contributed by atoms with E-state index >= 15 is 0 Å². The van der Waals surface area contributed by atoms with Crippen LogP contribution in [0.3, 0.4) is 0 Å². The molecular weight excluding hydrogens is 282 g/mol. The molecule has 1 aromatic rings. The summed E-state index contributed by atoms with van der Waals surface area (Å²) in [5.41, 5.74) is 1.51. The highest BCUT2D eigenvalue weighted by Crippen LogP contribution is 2.24. The third-order valence-corrected chi connectivity index (χ3v) is 4.44. The van der Waals surface area contributed by atoms with Crippen LogP contribution in [0.2, 0.25) is 0 Å². The number of likely N-dealkylation sites (N-methyl/N-ethyl adjacent to an activating group) is 1. The molecular formula is C16H21N3O3. The normalized spacial score (nSPS) is 25.6. The van der Waals surface area contributed by atoms with Gasteiger partial charge in [0.1, 0.15) is 12.3 Å². The second-order valence-corrected chi connectivity index (χ2v) is 6.14. The Balaban J connectivity index is 1.71. The molecule has 6 heteroatoms. The van der Waals surface area contributed by atoms with E-state index in [-0.39, 0.29) is 30.4 Å². The summed E-state index contributed by atoms with van der Waals surface area (Å²) >= 11 is 0. The number of aromatic nitrogens is 1. The van der Waals surface area contributed by atoms with Gasteiger partial charge in [0.2, 0.25) is 5.91 Å². The highest BCUT2D eigenvalue weighted by Gasteiger charge is 2.36. The van der Waals surface area contributed by atoms with Crippen molar-refractivity contribution in [3.63, 3.8) is 0 Å². The summed E-state index contributed by atoms with van der Waals surface area (Å²) < 4.78 is 5.69. The van der Waals surface area contributed by atoms with Crippen LogP contribution in [0.25, 0.3) is 0 Å². The molecule has 2 aliphatic heterocycles. The zero-order chi connectivity index (χ0) is 15.7. The Labute approximate surface area is 130 Å². The van der Waals surface area contributed by atoms with Crippen molar-refractivity contribution in [3.8, 4) is 0 Å². The van der Waals surface area contributed by atoms with Gasteiger partial charge in [0.05, 0.1) is 6.10 Å². The minimum Gasteiger partial charge on any atom is -0.368 e. The molecule has 22 heavy (non-hydrogen) atoms. The average Bonchev–Trinajstić information content (AvgIpc) is 2.66. The van der Waals surface area contributed by atoms with Crippen LogP contribution in [0, 0.1) is 12.8 Å². The van der Waals surface area contributed by atoms with Crippen LogP contribution >= 0.6 is 0 Å². The smallest absolute Gasteiger partial charge is 0.272 e. The fourth-order valence-electron chi connectivity index (χ4n) is 3.09. The van der Waals surface area contributed by atoms with Crippen molar-refractivity contribution < 1.29 is 14.3 Å². The molecule has 0 unspecified atom stereocenters. The summed E-state index contributed by atoms with van der Waals surface area (Å²) in [4.78, 5) is 32.0. The highest BCUT2D eigenvalue weighted by atomic mass is 16.5. The van der Waals surface area contributed by atoms with Crippen molar-refractivity contribution in [2.45, 2.75) is 19.4 Å². The van der Waals surface area contributed by atoms with Crippen LogP contribution in [0.15, 0.2) is 18.3 Å². The number of hydrogen-bond donors (Lipinski definition) is 0. The van der Waals surface area contributed by atoms with Gasteiger partial charge in [-0.15, -0.1) is 0 Å². The minimum atomic E-state index is -0.0447. The lowest BCUT2D eigenvalue weighted by molar-refractivity contribution is -0.133. The maximum Gasteiger partial charge on any atom is 0.272 e. The Bertz CT molecular complexity index is 573. The Kier molecular flexibility index (Phi) is 4.11. The number of hydrogen-bond acceptors (Lipinski definition) is 4. The van der Waals surface area contributed by atoms with E-state index in [1.165, 1.54) is 0 Å². The van der Waals surface area contributed by atoms with Gasteiger partial charge in [-0.25, -0.2) is 0 Å². The predicted molar refractivity (Wildman–Crippen MR) is 80.4 cm³/mol. The average molecular weight is 303 g/mol. The number of pyridine rings is 1. The van der Waals surface area contributed by atoms with E-state index in [9.17, 15) is 9.59 Å². The number of nitrogens with zero attached hydrogens (tertiary/aromatic N) is 3. The van der Waals surface area contributed by atoms with E-state index in [4.69, 9.17) is 4.74 Å². The predicted octanol–water partition coefficient (Wildman–Crippen LogP) is 0.709. The van der Waals surface area contributed by atoms with Gasteiger partial charge in [-0.05, 0) is 25.0 Å². The molecule has 2 aliphatic rings. The summed E-state index contributed by atoms with van der Waals surface area (Å²) in [6, 6.07) is 3.66. The van der Waals surface area contributed by atoms with Gasteiger partial charge in [-0.3, -0.25) is 14.6 Å². The fourth-order valence-corrected chi connectivity index (χ4v) is 3.09. The van der Waals surface area contributed by atoms with E-state index in [1.807, 2.05) is 17.9 Å². The Morgan fingerprint density at radius 2 is 2.18 bits per heavy atom. The molecule has 6 nitrogen and oxygen atoms in total. The zero-order valence-electron chi connectivity index (χ0n) is 13.0. The molecule has 0 radical (unpaired) electrons. The van der Waals surface area contributed by atoms with Gasteiger partial charge in [0.25, 0.3) is 5.91 Å². The number of ether oxygens (including phenoxy) is 1. The largest absolute Gasteiger partial charge is 0.368 e. The second-order valence-electron chi connectivity index (χ2n) is 6.14. The van der Waals surface area contributed by atoms with Crippen molar-refractivity contribution >= 4 is 11.8 Å². The fraction of sp³-hybridized carbons (Fsp3) is 0.562. The molecule has 0 saturated carbocycles. The van der Waals surface area contributed by atoms with Crippen molar-refractivity contribution in [3.05, 3.63) is 29.6 Å². The van der Waals surface area contributed by atoms with Gasteiger partial charge in [-0.2, -0.15) is 0 Å². The summed E-state index contributed by atoms with van der Waals surface area (Å²) in [5, 5.41) is 0. The molecule has 0 aromatic carbocycles. The van der Waals surface area contributed by atoms with E-state index in [0.29, 0.717) is 25.3 Å². The van der Waals surface area contributed by atoms with Gasteiger partial charge < -0.3 is 14.5 Å². The van der Waals surface area contributed by atoms with Crippen LogP contribution in [0.5, 0.6) is 0 Å². The topological polar surface area (TPSA) is 62.7 Å². The third-order valence-electron chi connectivity index (χ3n) is 4.44. The maximum atomic E-state index is 12.6. The number of likely N-dealkylation sites (tertiary alicyclic amines) is 1. The zero-order valence-corrected chi connectivity index (χ0v) is 13.0. The summed E-state index contributed by atoms with van der Waals surface area (Å²) in [5.74, 6) is 0.128. The lowest BCUT2D eigenvalue weighted by Gasteiger charge is -2.37. The molecule has 0 aliphatic carbocycles. The van der Waals surface area contributed by atoms with Gasteiger partial charge in [0.15, 0.2) is 0 Å². The number of rotatable bonds is 1. The van der Waals surface area contributed by atoms with E-state index in [2.05, 4.69) is 4.98 Å². The van der Waals surface area contributed by atoms with Crippen molar-refractivity contribution in [1.29, 1.82) is 0 Å². The van der Waals surface area contributed by atoms with Crippen LogP contribution in [-0.4, -0.2) is 66.0 Å². The first-order valence-electron chi connectivity index (χ1n) is 7.62. The molecule has 3 rings (SSSR count). The lowest BCUT2D eigenvalue weighted by atomic mass is 9.94. The van der Waals surface area contributed by atoms with E-state index in [0.717, 1.165) is 12.0 Å². The van der Waals surface area contributed by atoms with Gasteiger partial charge in [-0.1, -0.05) is 6.07 Å². The maximum absolute atomic E-state index is 12.6. The second kappa shape index (κ2) is 6.04. The minimum absolute atomic E-state index is 0.00692. The quantitative estimate of drug-likeness (QED) is 0.766. The monoisotopic (exact) mass is 303 g/mol. The van der Waals surface area contributed by atoms with Crippen LogP contribution < -0.4 is 0 Å². The molecule has 0 spiro atoms. The molecule has 118 valence electrons. The standard InChI is InChI=1S/C16H21N3O3/c1-11-3-4-13(17-7-11)16(21)19-6-5-14-12(9-19)8-18(2)15(20)10-22-14/h3-4,7,12,14H,5-6,8-10H2,1-2H3/t12-,14-/m0/s1. The number of amides is 2. The third kappa shape index (κ3) is 2.97. The first-order valence-corrected chi connectivity index (χ1v) is 7.62. The first kappa shape index (κ1) is 15.0. The summed E-state index contributed by atoms with van der Waals surface area (Å²) in [6.45, 7) is 3.98. The molecule has 3 heterocycles. The Hall–Kier alpha value is -1.95. The van der Waals surface area contributed by atoms with Gasteiger partial charge in [0, 0.05) is 38.8 Å². The van der Waals surface area contributed by atoms with Crippen LogP contribution in [0.1, 0.15) is 22.5 Å². The molecule has 0 bridgehead atoms. The number of piperidine rings is 1. The molecule has 2 atom stereocenters. The number of carbonyl (C=O) groups is 2. The summed E-state index contributed by atoms with van der Waals surface area (Å²) in [7, 11) is 1.79. The molecule has 2 fully saturated rings. The van der Waals surface area contributed by atoms with Crippen LogP contribution in [-0.2, 0) is 9.53 Å². The van der Waals surface area contributed by atoms with Gasteiger partial charge >= 0.3 is 0 Å². The van der Waals surface area contributed by atoms with Crippen LogP contribution in [0.4, 0.5) is 0 Å². The van der Waals surface area contributed by atoms with E-state index in [1.54, 1.807) is 24.2 Å². The number of carbonyl (C=O) groups excluding carboxylic acids is 2.